The van der Waals surface area contributed by atoms with E-state index in [2.05, 4.69) is 0 Å². The normalized spacial score (nSPS) is 12.8. The van der Waals surface area contributed by atoms with Crippen molar-refractivity contribution in [2.24, 2.45) is 0 Å². The maximum atomic E-state index is 10.0. The molecule has 1 aliphatic rings. The van der Waals surface area contributed by atoms with E-state index >= 15 is 0 Å². The predicted octanol–water partition coefficient (Wildman–Crippen LogP) is 2.20. The van der Waals surface area contributed by atoms with Crippen LogP contribution in [0.4, 0.5) is 0 Å². The van der Waals surface area contributed by atoms with Crippen molar-refractivity contribution in [1.29, 1.82) is 0 Å². The van der Waals surface area contributed by atoms with Gasteiger partial charge < -0.3 is 10.2 Å². The van der Waals surface area contributed by atoms with E-state index in [4.69, 9.17) is 5.11 Å². The number of hydrogen-bond acceptors (Lipinski definition) is 2. The van der Waals surface area contributed by atoms with Crippen LogP contribution in [0.15, 0.2) is 78.3 Å². The maximum Gasteiger partial charge on any atom is 2.00 e. The van der Waals surface area contributed by atoms with Crippen molar-refractivity contribution in [2.45, 2.75) is 0 Å². The van der Waals surface area contributed by atoms with Crippen molar-refractivity contribution in [1.82, 2.24) is 0 Å². The first kappa shape index (κ1) is 14.4. The third kappa shape index (κ3) is 6.82. The van der Waals surface area contributed by atoms with Gasteiger partial charge >= 0.3 is 17.1 Å². The minimum atomic E-state index is -0.916. The molecule has 0 heterocycles. The summed E-state index contributed by atoms with van der Waals surface area (Å²) >= 11 is 0. The van der Waals surface area contributed by atoms with Gasteiger partial charge in [0.1, 0.15) is 0 Å². The van der Waals surface area contributed by atoms with Crippen molar-refractivity contribution in [3.05, 3.63) is 78.3 Å². The Morgan fingerprint density at radius 2 is 1.75 bits per heavy atom. The fraction of sp³-hybridized carbons (Fsp3) is 0. The van der Waals surface area contributed by atoms with Gasteiger partial charge in [-0.25, -0.2) is 12.1 Å². The van der Waals surface area contributed by atoms with E-state index in [0.717, 1.165) is 11.6 Å². The summed E-state index contributed by atoms with van der Waals surface area (Å²) in [5.41, 5.74) is 0.919. The summed E-state index contributed by atoms with van der Waals surface area (Å²) in [4.78, 5) is 0. The van der Waals surface area contributed by atoms with Crippen LogP contribution in [0.2, 0.25) is 0 Å². The summed E-state index contributed by atoms with van der Waals surface area (Å²) in [6, 6.07) is 10.0. The van der Waals surface area contributed by atoms with Crippen molar-refractivity contribution in [2.75, 3.05) is 0 Å². The van der Waals surface area contributed by atoms with E-state index in [1.807, 2.05) is 54.6 Å². The third-order valence-corrected chi connectivity index (χ3v) is 1.66. The van der Waals surface area contributed by atoms with Crippen LogP contribution in [0, 0.1) is 0 Å². The van der Waals surface area contributed by atoms with E-state index in [0.29, 0.717) is 0 Å². The number of rotatable bonds is 1. The number of allylic oxidation sites excluding steroid dienone is 7. The second kappa shape index (κ2) is 8.71. The maximum absolute atomic E-state index is 10.0. The molecular formula is C13H12FeO2. The second-order valence-corrected chi connectivity index (χ2v) is 2.85. The SMILES string of the molecule is [Fe+2].[O-]C(O)=CC=C1C=CC=C1.c1cc[cH-]c1. The number of aliphatic hydroxyl groups is 1. The van der Waals surface area contributed by atoms with E-state index in [9.17, 15) is 5.11 Å². The standard InChI is InChI=1S/C8H8O2.C5H5.Fe/c9-8(10)6-5-7-3-1-2-4-7;1-2-4-5-3-1;/h1-6,9-10H;1-5H;/q;-1;+2/p-1. The molecule has 0 fully saturated rings. The molecule has 0 atom stereocenters. The van der Waals surface area contributed by atoms with Crippen molar-refractivity contribution < 1.29 is 27.3 Å². The van der Waals surface area contributed by atoms with Crippen LogP contribution in [-0.2, 0) is 17.1 Å². The van der Waals surface area contributed by atoms with Crippen molar-refractivity contribution in [3.63, 3.8) is 0 Å². The van der Waals surface area contributed by atoms with Crippen molar-refractivity contribution in [3.8, 4) is 0 Å². The fourth-order valence-corrected chi connectivity index (χ4v) is 0.988. The molecule has 1 aliphatic carbocycles. The first-order valence-corrected chi connectivity index (χ1v) is 4.58. The van der Waals surface area contributed by atoms with E-state index in [1.54, 1.807) is 6.08 Å². The van der Waals surface area contributed by atoms with Gasteiger partial charge in [-0.1, -0.05) is 30.4 Å². The summed E-state index contributed by atoms with van der Waals surface area (Å²) in [6.07, 6.45) is 10.1. The molecule has 0 unspecified atom stereocenters. The molecule has 0 aromatic heterocycles. The Balaban J connectivity index is 0.000000318. The van der Waals surface area contributed by atoms with E-state index < -0.39 is 5.95 Å². The van der Waals surface area contributed by atoms with E-state index in [1.165, 1.54) is 0 Å². The minimum Gasteiger partial charge on any atom is -0.629 e. The quantitative estimate of drug-likeness (QED) is 0.475. The molecule has 0 radical (unpaired) electrons. The summed E-state index contributed by atoms with van der Waals surface area (Å²) in [6.45, 7) is 0. The molecule has 2 nitrogen and oxygen atoms in total. The zero-order chi connectivity index (χ0) is 10.9. The molecule has 2 rings (SSSR count). The Kier molecular flexibility index (Phi) is 7.86. The predicted molar refractivity (Wildman–Crippen MR) is 59.1 cm³/mol. The second-order valence-electron chi connectivity index (χ2n) is 2.85. The van der Waals surface area contributed by atoms with Crippen molar-refractivity contribution >= 4 is 0 Å². The molecule has 0 spiro atoms. The topological polar surface area (TPSA) is 43.3 Å². The van der Waals surface area contributed by atoms with Crippen LogP contribution in [0.5, 0.6) is 0 Å². The Hall–Kier alpha value is -1.57. The summed E-state index contributed by atoms with van der Waals surface area (Å²) in [7, 11) is 0. The molecule has 1 aromatic rings. The largest absolute Gasteiger partial charge is 2.00 e. The minimum absolute atomic E-state index is 0. The van der Waals surface area contributed by atoms with Gasteiger partial charge in [-0.05, 0) is 11.6 Å². The zero-order valence-corrected chi connectivity index (χ0v) is 9.66. The van der Waals surface area contributed by atoms with Crippen LogP contribution in [0.3, 0.4) is 0 Å². The Morgan fingerprint density at radius 1 is 1.19 bits per heavy atom. The third-order valence-electron chi connectivity index (χ3n) is 1.66. The first-order valence-electron chi connectivity index (χ1n) is 4.58. The Morgan fingerprint density at radius 3 is 2.12 bits per heavy atom. The van der Waals surface area contributed by atoms with Gasteiger partial charge in [0.05, 0.1) is 0 Å². The molecular weight excluding hydrogens is 244 g/mol. The molecule has 84 valence electrons. The van der Waals surface area contributed by atoms with Crippen LogP contribution < -0.4 is 5.11 Å². The molecule has 16 heavy (non-hydrogen) atoms. The summed E-state index contributed by atoms with van der Waals surface area (Å²) in [5, 5.41) is 18.2. The Labute approximate surface area is 106 Å². The summed E-state index contributed by atoms with van der Waals surface area (Å²) in [5.74, 6) is -0.916. The summed E-state index contributed by atoms with van der Waals surface area (Å²) < 4.78 is 0. The molecule has 0 saturated heterocycles. The monoisotopic (exact) mass is 256 g/mol. The smallest absolute Gasteiger partial charge is 0.629 e. The average molecular weight is 256 g/mol. The molecule has 1 N–H and O–H groups in total. The Bertz CT molecular complexity index is 349. The molecule has 3 heteroatoms. The molecule has 0 bridgehead atoms. The molecule has 0 aliphatic heterocycles. The van der Waals surface area contributed by atoms with Gasteiger partial charge in [0.25, 0.3) is 0 Å². The number of hydrogen-bond donors (Lipinski definition) is 1. The molecule has 1 aromatic carbocycles. The van der Waals surface area contributed by atoms with Gasteiger partial charge in [0, 0.05) is 5.95 Å². The van der Waals surface area contributed by atoms with Gasteiger partial charge in [-0.2, -0.15) is 18.2 Å². The van der Waals surface area contributed by atoms with Crippen LogP contribution in [0.25, 0.3) is 0 Å². The van der Waals surface area contributed by atoms with Gasteiger partial charge in [0.15, 0.2) is 0 Å². The fourth-order valence-electron chi connectivity index (χ4n) is 0.988. The van der Waals surface area contributed by atoms with Gasteiger partial charge in [0.2, 0.25) is 0 Å². The molecule has 0 saturated carbocycles. The average Bonchev–Trinajstić information content (AvgIpc) is 2.91. The zero-order valence-electron chi connectivity index (χ0n) is 8.56. The van der Waals surface area contributed by atoms with Crippen LogP contribution in [-0.4, -0.2) is 5.11 Å². The van der Waals surface area contributed by atoms with Gasteiger partial charge in [-0.15, -0.1) is 0 Å². The first-order chi connectivity index (χ1) is 7.29. The van der Waals surface area contributed by atoms with Gasteiger partial charge in [-0.3, -0.25) is 0 Å². The molecule has 0 amide bonds. The van der Waals surface area contributed by atoms with E-state index in [-0.39, 0.29) is 17.1 Å². The van der Waals surface area contributed by atoms with Crippen LogP contribution >= 0.6 is 0 Å². The van der Waals surface area contributed by atoms with Crippen LogP contribution in [0.1, 0.15) is 0 Å². The number of aliphatic hydroxyl groups excluding tert-OH is 1.